The van der Waals surface area contributed by atoms with Crippen molar-refractivity contribution >= 4 is 51.6 Å². The van der Waals surface area contributed by atoms with Gasteiger partial charge in [-0.05, 0) is 53.7 Å². The number of rotatable bonds is 5. The number of carbonyl (C=O) groups excluding carboxylic acids is 2. The van der Waals surface area contributed by atoms with Crippen LogP contribution in [0.15, 0.2) is 41.3 Å². The number of carbonyl (C=O) groups is 2. The van der Waals surface area contributed by atoms with E-state index in [2.05, 4.69) is 5.32 Å². The second kappa shape index (κ2) is 8.66. The summed E-state index contributed by atoms with van der Waals surface area (Å²) < 4.78 is 50.2. The molecule has 1 heterocycles. The van der Waals surface area contributed by atoms with Crippen LogP contribution in [0.25, 0.3) is 6.08 Å². The number of hydrogen-bond acceptors (Lipinski definition) is 5. The fraction of sp³-hybridized carbons (Fsp3) is 0.158. The first-order valence-electron chi connectivity index (χ1n) is 8.08. The molecular weight excluding hydrogens is 522 g/mol. The summed E-state index contributed by atoms with van der Waals surface area (Å²) in [7, 11) is 1.42. The number of hydrogen-bond donors (Lipinski definition) is 1. The summed E-state index contributed by atoms with van der Waals surface area (Å²) in [4.78, 5) is 23.2. The van der Waals surface area contributed by atoms with Gasteiger partial charge in [0.25, 0.3) is 11.1 Å². The largest absolute Gasteiger partial charge is 0.493 e. The van der Waals surface area contributed by atoms with Crippen molar-refractivity contribution in [3.63, 3.8) is 0 Å². The maximum atomic E-state index is 12.9. The van der Waals surface area contributed by atoms with Gasteiger partial charge >= 0.3 is 6.18 Å². The Kier molecular flexibility index (Phi) is 6.42. The highest BCUT2D eigenvalue weighted by molar-refractivity contribution is 14.1. The highest BCUT2D eigenvalue weighted by Gasteiger charge is 2.31. The van der Waals surface area contributed by atoms with Gasteiger partial charge in [-0.3, -0.25) is 14.9 Å². The summed E-state index contributed by atoms with van der Waals surface area (Å²) in [5, 5.41) is 1.72. The fourth-order valence-corrected chi connectivity index (χ4v) is 3.79. The Bertz CT molecular complexity index is 1010. The van der Waals surface area contributed by atoms with Crippen molar-refractivity contribution in [1.29, 1.82) is 0 Å². The van der Waals surface area contributed by atoms with Gasteiger partial charge in [0, 0.05) is 9.99 Å². The summed E-state index contributed by atoms with van der Waals surface area (Å²) in [6, 6.07) is 8.13. The van der Waals surface area contributed by atoms with E-state index < -0.39 is 22.9 Å². The topological polar surface area (TPSA) is 64.6 Å². The molecule has 0 unspecified atom stereocenters. The molecule has 0 atom stereocenters. The molecule has 0 saturated carbocycles. The fourth-order valence-electron chi connectivity index (χ4n) is 2.51. The van der Waals surface area contributed by atoms with Crippen molar-refractivity contribution in [2.24, 2.45) is 0 Å². The predicted octanol–water partition coefficient (Wildman–Crippen LogP) is 5.77. The number of alkyl halides is 4. The van der Waals surface area contributed by atoms with E-state index in [9.17, 15) is 22.8 Å². The van der Waals surface area contributed by atoms with Gasteiger partial charge in [0.05, 0.1) is 17.6 Å². The van der Waals surface area contributed by atoms with E-state index in [1.165, 1.54) is 19.3 Å². The van der Waals surface area contributed by atoms with Crippen LogP contribution in [0.3, 0.4) is 0 Å². The Labute approximate surface area is 181 Å². The van der Waals surface area contributed by atoms with Gasteiger partial charge in [0.2, 0.25) is 0 Å². The zero-order chi connectivity index (χ0) is 21.2. The first kappa shape index (κ1) is 21.5. The minimum Gasteiger partial charge on any atom is -0.493 e. The molecule has 0 spiro atoms. The molecule has 5 nitrogen and oxygen atoms in total. The summed E-state index contributed by atoms with van der Waals surface area (Å²) in [5.41, 5.74) is 0.252. The molecule has 152 valence electrons. The molecule has 2 aromatic rings. The van der Waals surface area contributed by atoms with Gasteiger partial charge in [-0.2, -0.15) is 13.2 Å². The Balaban J connectivity index is 1.89. The maximum Gasteiger partial charge on any atom is 0.416 e. The van der Waals surface area contributed by atoms with Gasteiger partial charge in [-0.1, -0.05) is 28.7 Å². The van der Waals surface area contributed by atoms with Crippen molar-refractivity contribution in [1.82, 2.24) is 5.32 Å². The van der Waals surface area contributed by atoms with Crippen LogP contribution >= 0.6 is 34.4 Å². The van der Waals surface area contributed by atoms with E-state index in [0.29, 0.717) is 27.1 Å². The van der Waals surface area contributed by atoms with Crippen LogP contribution in [0.1, 0.15) is 16.7 Å². The van der Waals surface area contributed by atoms with E-state index in [1.54, 1.807) is 18.2 Å². The standard InChI is InChI=1S/C19H13F3INO4S/c1-27-15-6-10(7-16-17(25)24-18(26)29-16)2-4-14(15)28-13-5-3-12(19(20,21)22)8-11(13)9-23/h2-8H,9H2,1H3,(H,24,25,26)/b16-7-. The zero-order valence-corrected chi connectivity index (χ0v) is 17.8. The molecule has 1 saturated heterocycles. The number of nitrogens with one attached hydrogen (secondary N) is 1. The Hall–Kier alpha value is -2.21. The number of thioether (sulfide) groups is 1. The lowest BCUT2D eigenvalue weighted by Gasteiger charge is -2.15. The first-order chi connectivity index (χ1) is 13.7. The molecule has 29 heavy (non-hydrogen) atoms. The Morgan fingerprint density at radius 2 is 1.83 bits per heavy atom. The second-order valence-electron chi connectivity index (χ2n) is 5.82. The van der Waals surface area contributed by atoms with Crippen LogP contribution in [0.4, 0.5) is 18.0 Å². The molecule has 1 N–H and O–H groups in total. The summed E-state index contributed by atoms with van der Waals surface area (Å²) in [6.45, 7) is 0. The van der Waals surface area contributed by atoms with Crippen molar-refractivity contribution in [2.45, 2.75) is 10.6 Å². The molecule has 10 heteroatoms. The molecule has 0 bridgehead atoms. The van der Waals surface area contributed by atoms with Crippen LogP contribution in [-0.4, -0.2) is 18.3 Å². The van der Waals surface area contributed by atoms with Gasteiger partial charge in [-0.15, -0.1) is 0 Å². The first-order valence-corrected chi connectivity index (χ1v) is 10.4. The number of methoxy groups -OCH3 is 1. The number of ether oxygens (including phenoxy) is 2. The molecule has 3 rings (SSSR count). The summed E-state index contributed by atoms with van der Waals surface area (Å²) >= 11 is 2.76. The summed E-state index contributed by atoms with van der Waals surface area (Å²) in [5.74, 6) is 0.442. The number of amides is 2. The van der Waals surface area contributed by atoms with Crippen molar-refractivity contribution in [3.05, 3.63) is 58.0 Å². The normalized spacial score (nSPS) is 15.6. The van der Waals surface area contributed by atoms with Crippen LogP contribution in [-0.2, 0) is 15.4 Å². The van der Waals surface area contributed by atoms with Crippen molar-refractivity contribution < 1.29 is 32.2 Å². The van der Waals surface area contributed by atoms with E-state index in [-0.39, 0.29) is 10.7 Å². The number of halogens is 4. The molecule has 2 aromatic carbocycles. The monoisotopic (exact) mass is 535 g/mol. The molecule has 2 amide bonds. The van der Waals surface area contributed by atoms with E-state index in [1.807, 2.05) is 22.6 Å². The van der Waals surface area contributed by atoms with Crippen molar-refractivity contribution in [2.75, 3.05) is 7.11 Å². The quantitative estimate of drug-likeness (QED) is 0.300. The Morgan fingerprint density at radius 1 is 1.10 bits per heavy atom. The average molecular weight is 535 g/mol. The van der Waals surface area contributed by atoms with E-state index in [0.717, 1.165) is 23.9 Å². The predicted molar refractivity (Wildman–Crippen MR) is 111 cm³/mol. The van der Waals surface area contributed by atoms with Gasteiger partial charge < -0.3 is 9.47 Å². The molecular formula is C19H13F3INO4S. The highest BCUT2D eigenvalue weighted by atomic mass is 127. The number of imide groups is 1. The Morgan fingerprint density at radius 3 is 2.41 bits per heavy atom. The van der Waals surface area contributed by atoms with Crippen LogP contribution in [0, 0.1) is 0 Å². The lowest BCUT2D eigenvalue weighted by atomic mass is 10.1. The van der Waals surface area contributed by atoms with Crippen LogP contribution in [0.2, 0.25) is 0 Å². The molecule has 1 aliphatic heterocycles. The molecule has 0 aromatic heterocycles. The average Bonchev–Trinajstić information content (AvgIpc) is 2.99. The third-order valence-corrected chi connectivity index (χ3v) is 5.51. The minimum atomic E-state index is -4.43. The molecule has 1 aliphatic rings. The van der Waals surface area contributed by atoms with Gasteiger partial charge in [0.1, 0.15) is 5.75 Å². The van der Waals surface area contributed by atoms with E-state index >= 15 is 0 Å². The second-order valence-corrected chi connectivity index (χ2v) is 7.60. The SMILES string of the molecule is COc1cc(/C=C2\SC(=O)NC2=O)ccc1Oc1ccc(C(F)(F)F)cc1CI. The van der Waals surface area contributed by atoms with Crippen LogP contribution in [0.5, 0.6) is 17.2 Å². The van der Waals surface area contributed by atoms with Crippen LogP contribution < -0.4 is 14.8 Å². The number of benzene rings is 2. The highest BCUT2D eigenvalue weighted by Crippen LogP contribution is 2.38. The third kappa shape index (κ3) is 5.04. The van der Waals surface area contributed by atoms with E-state index in [4.69, 9.17) is 9.47 Å². The molecule has 0 aliphatic carbocycles. The zero-order valence-electron chi connectivity index (χ0n) is 14.8. The van der Waals surface area contributed by atoms with Gasteiger partial charge in [0.15, 0.2) is 11.5 Å². The lowest BCUT2D eigenvalue weighted by Crippen LogP contribution is -2.17. The third-order valence-electron chi connectivity index (χ3n) is 3.88. The molecule has 0 radical (unpaired) electrons. The minimum absolute atomic E-state index is 0.251. The van der Waals surface area contributed by atoms with Gasteiger partial charge in [-0.25, -0.2) is 0 Å². The van der Waals surface area contributed by atoms with Crippen molar-refractivity contribution in [3.8, 4) is 17.2 Å². The summed E-state index contributed by atoms with van der Waals surface area (Å²) in [6.07, 6.45) is -2.90. The maximum absolute atomic E-state index is 12.9. The molecule has 1 fully saturated rings. The smallest absolute Gasteiger partial charge is 0.416 e. The lowest BCUT2D eigenvalue weighted by molar-refractivity contribution is -0.137.